The number of nitrogens with zero attached hydrogens (tertiary/aromatic N) is 1. The molecule has 0 saturated carbocycles. The van der Waals surface area contributed by atoms with Gasteiger partial charge >= 0.3 is 0 Å². The quantitative estimate of drug-likeness (QED) is 0.936. The number of nitrogens with two attached hydrogens (primary N) is 1. The molecule has 1 heterocycles. The summed E-state index contributed by atoms with van der Waals surface area (Å²) in [6, 6.07) is 15.8. The van der Waals surface area contributed by atoms with Crippen molar-refractivity contribution in [3.63, 3.8) is 0 Å². The Labute approximate surface area is 138 Å². The molecule has 1 aliphatic heterocycles. The zero-order valence-electron chi connectivity index (χ0n) is 13.7. The summed E-state index contributed by atoms with van der Waals surface area (Å²) in [4.78, 5) is 2.36. The summed E-state index contributed by atoms with van der Waals surface area (Å²) in [5.41, 5.74) is 9.95. The maximum atomic E-state index is 13.4. The van der Waals surface area contributed by atoms with Crippen LogP contribution < -0.4 is 5.73 Å². The number of hydrogen-bond acceptors (Lipinski definition) is 2. The fraction of sp³-hybridized carbons (Fsp3) is 0.400. The van der Waals surface area contributed by atoms with E-state index in [0.717, 1.165) is 38.0 Å². The van der Waals surface area contributed by atoms with E-state index in [1.54, 1.807) is 12.1 Å². The molecule has 2 nitrogen and oxygen atoms in total. The largest absolute Gasteiger partial charge is 0.327 e. The summed E-state index contributed by atoms with van der Waals surface area (Å²) >= 11 is 0. The lowest BCUT2D eigenvalue weighted by atomic mass is 9.88. The van der Waals surface area contributed by atoms with Gasteiger partial charge in [-0.25, -0.2) is 4.39 Å². The van der Waals surface area contributed by atoms with Crippen LogP contribution in [0.2, 0.25) is 0 Å². The summed E-state index contributed by atoms with van der Waals surface area (Å²) in [7, 11) is 0. The van der Waals surface area contributed by atoms with Crippen LogP contribution in [0, 0.1) is 18.7 Å². The van der Waals surface area contributed by atoms with Crippen LogP contribution in [-0.4, -0.2) is 24.0 Å². The molecular formula is C20H25FN2. The first kappa shape index (κ1) is 16.2. The average Bonchev–Trinajstić information content (AvgIpc) is 2.49. The van der Waals surface area contributed by atoms with E-state index in [1.807, 2.05) is 6.07 Å². The van der Waals surface area contributed by atoms with Gasteiger partial charge in [-0.05, 0) is 48.9 Å². The number of aryl methyl sites for hydroxylation is 1. The van der Waals surface area contributed by atoms with E-state index in [9.17, 15) is 4.39 Å². The Bertz CT molecular complexity index is 638. The van der Waals surface area contributed by atoms with Crippen LogP contribution in [0.5, 0.6) is 0 Å². The molecule has 2 aromatic rings. The molecule has 1 aliphatic rings. The second-order valence-electron chi connectivity index (χ2n) is 6.88. The average molecular weight is 312 g/mol. The van der Waals surface area contributed by atoms with Gasteiger partial charge < -0.3 is 5.73 Å². The zero-order valence-corrected chi connectivity index (χ0v) is 13.7. The molecule has 2 aromatic carbocycles. The van der Waals surface area contributed by atoms with Gasteiger partial charge in [0.15, 0.2) is 0 Å². The van der Waals surface area contributed by atoms with Crippen molar-refractivity contribution < 1.29 is 4.39 Å². The second-order valence-corrected chi connectivity index (χ2v) is 6.88. The van der Waals surface area contributed by atoms with Crippen molar-refractivity contribution in [1.82, 2.24) is 4.90 Å². The van der Waals surface area contributed by atoms with E-state index >= 15 is 0 Å². The Morgan fingerprint density at radius 1 is 1.09 bits per heavy atom. The van der Waals surface area contributed by atoms with Gasteiger partial charge in [0.05, 0.1) is 0 Å². The fourth-order valence-electron chi connectivity index (χ4n) is 3.58. The van der Waals surface area contributed by atoms with E-state index in [1.165, 1.54) is 17.2 Å². The number of benzene rings is 2. The lowest BCUT2D eigenvalue weighted by Crippen LogP contribution is -2.47. The minimum atomic E-state index is -0.167. The molecule has 1 fully saturated rings. The Balaban J connectivity index is 1.63. The van der Waals surface area contributed by atoms with Crippen LogP contribution in [-0.2, 0) is 13.0 Å². The van der Waals surface area contributed by atoms with Gasteiger partial charge in [0.25, 0.3) is 0 Å². The summed E-state index contributed by atoms with van der Waals surface area (Å²) in [6.07, 6.45) is 2.13. The van der Waals surface area contributed by atoms with Crippen LogP contribution in [0.1, 0.15) is 23.1 Å². The Kier molecular flexibility index (Phi) is 5.09. The lowest BCUT2D eigenvalue weighted by Gasteiger charge is -2.36. The molecule has 23 heavy (non-hydrogen) atoms. The molecular weight excluding hydrogens is 287 g/mol. The highest BCUT2D eigenvalue weighted by molar-refractivity contribution is 5.22. The highest BCUT2D eigenvalue weighted by Crippen LogP contribution is 2.22. The first-order chi connectivity index (χ1) is 11.1. The molecule has 3 heteroatoms. The van der Waals surface area contributed by atoms with Crippen LogP contribution >= 0.6 is 0 Å². The van der Waals surface area contributed by atoms with Gasteiger partial charge in [-0.15, -0.1) is 0 Å². The van der Waals surface area contributed by atoms with Gasteiger partial charge in [-0.1, -0.05) is 42.0 Å². The van der Waals surface area contributed by atoms with Crippen molar-refractivity contribution >= 4 is 0 Å². The lowest BCUT2D eigenvalue weighted by molar-refractivity contribution is 0.149. The number of halogens is 1. The van der Waals surface area contributed by atoms with E-state index in [-0.39, 0.29) is 11.9 Å². The predicted molar refractivity (Wildman–Crippen MR) is 92.6 cm³/mol. The molecule has 0 aromatic heterocycles. The van der Waals surface area contributed by atoms with E-state index in [4.69, 9.17) is 5.73 Å². The number of piperidine rings is 1. The molecule has 1 saturated heterocycles. The third-order valence-electron chi connectivity index (χ3n) is 4.59. The molecule has 2 N–H and O–H groups in total. The Morgan fingerprint density at radius 3 is 2.61 bits per heavy atom. The van der Waals surface area contributed by atoms with Gasteiger partial charge in [-0.3, -0.25) is 4.90 Å². The first-order valence-corrected chi connectivity index (χ1v) is 8.36. The smallest absolute Gasteiger partial charge is 0.123 e. The number of hydrogen-bond donors (Lipinski definition) is 1. The van der Waals surface area contributed by atoms with Crippen molar-refractivity contribution in [3.05, 3.63) is 71.0 Å². The normalized spacial score (nSPS) is 22.2. The van der Waals surface area contributed by atoms with E-state index in [0.29, 0.717) is 5.92 Å². The first-order valence-electron chi connectivity index (χ1n) is 8.36. The molecule has 0 radical (unpaired) electrons. The summed E-state index contributed by atoms with van der Waals surface area (Å²) in [6.45, 7) is 4.80. The van der Waals surface area contributed by atoms with Crippen molar-refractivity contribution in [2.24, 2.45) is 11.7 Å². The maximum absolute atomic E-state index is 13.4. The zero-order chi connectivity index (χ0) is 16.2. The predicted octanol–water partition coefficient (Wildman–Crippen LogP) is 3.53. The van der Waals surface area contributed by atoms with Gasteiger partial charge in [0, 0.05) is 25.7 Å². The summed E-state index contributed by atoms with van der Waals surface area (Å²) in [5, 5.41) is 0. The molecule has 122 valence electrons. The molecule has 0 aliphatic carbocycles. The highest BCUT2D eigenvalue weighted by Gasteiger charge is 2.25. The fourth-order valence-corrected chi connectivity index (χ4v) is 3.58. The van der Waals surface area contributed by atoms with Gasteiger partial charge in [0.2, 0.25) is 0 Å². The van der Waals surface area contributed by atoms with Crippen LogP contribution in [0.4, 0.5) is 4.39 Å². The Morgan fingerprint density at radius 2 is 1.87 bits per heavy atom. The minimum Gasteiger partial charge on any atom is -0.327 e. The molecule has 0 bridgehead atoms. The summed E-state index contributed by atoms with van der Waals surface area (Å²) in [5.74, 6) is 0.398. The molecule has 2 unspecified atom stereocenters. The standard InChI is InChI=1S/C20H25FN2/c1-15-5-7-16(8-6-15)9-18-11-20(22)14-23(13-18)12-17-3-2-4-19(21)10-17/h2-8,10,18,20H,9,11-14,22H2,1H3. The van der Waals surface area contributed by atoms with Crippen LogP contribution in [0.25, 0.3) is 0 Å². The third-order valence-corrected chi connectivity index (χ3v) is 4.59. The van der Waals surface area contributed by atoms with Gasteiger partial charge in [0.1, 0.15) is 5.82 Å². The van der Waals surface area contributed by atoms with Crippen LogP contribution in [0.3, 0.4) is 0 Å². The molecule has 0 amide bonds. The van der Waals surface area contributed by atoms with E-state index in [2.05, 4.69) is 36.1 Å². The molecule has 0 spiro atoms. The SMILES string of the molecule is Cc1ccc(CC2CC(N)CN(Cc3cccc(F)c3)C2)cc1. The topological polar surface area (TPSA) is 29.3 Å². The number of rotatable bonds is 4. The minimum absolute atomic E-state index is 0.167. The Hall–Kier alpha value is -1.71. The van der Waals surface area contributed by atoms with Gasteiger partial charge in [-0.2, -0.15) is 0 Å². The van der Waals surface area contributed by atoms with Crippen molar-refractivity contribution in [3.8, 4) is 0 Å². The highest BCUT2D eigenvalue weighted by atomic mass is 19.1. The van der Waals surface area contributed by atoms with Crippen molar-refractivity contribution in [2.45, 2.75) is 32.4 Å². The second kappa shape index (κ2) is 7.24. The van der Waals surface area contributed by atoms with Crippen molar-refractivity contribution in [1.29, 1.82) is 0 Å². The maximum Gasteiger partial charge on any atom is 0.123 e. The summed E-state index contributed by atoms with van der Waals surface area (Å²) < 4.78 is 13.4. The van der Waals surface area contributed by atoms with Crippen molar-refractivity contribution in [2.75, 3.05) is 13.1 Å². The molecule has 3 rings (SSSR count). The third kappa shape index (κ3) is 4.63. The monoisotopic (exact) mass is 312 g/mol. The number of likely N-dealkylation sites (tertiary alicyclic amines) is 1. The van der Waals surface area contributed by atoms with Crippen LogP contribution in [0.15, 0.2) is 48.5 Å². The van der Waals surface area contributed by atoms with E-state index < -0.39 is 0 Å². The molecule has 2 atom stereocenters.